The number of amides is 2. The zero-order valence-electron chi connectivity index (χ0n) is 13.4. The van der Waals surface area contributed by atoms with E-state index in [4.69, 9.17) is 0 Å². The Morgan fingerprint density at radius 3 is 2.78 bits per heavy atom. The van der Waals surface area contributed by atoms with Gasteiger partial charge in [-0.25, -0.2) is 0 Å². The fourth-order valence-electron chi connectivity index (χ4n) is 2.81. The van der Waals surface area contributed by atoms with Crippen molar-refractivity contribution in [2.75, 3.05) is 26.7 Å². The second-order valence-corrected chi connectivity index (χ2v) is 6.19. The highest BCUT2D eigenvalue weighted by atomic mass is 16.5. The number of methoxy groups -OCH3 is 1. The number of nitrogens with zero attached hydrogens (tertiary/aromatic N) is 2. The quantitative estimate of drug-likeness (QED) is 0.617. The number of esters is 1. The van der Waals surface area contributed by atoms with Gasteiger partial charge in [0.25, 0.3) is 0 Å². The van der Waals surface area contributed by atoms with Crippen LogP contribution in [-0.2, 0) is 19.1 Å². The molecule has 1 saturated heterocycles. The van der Waals surface area contributed by atoms with Gasteiger partial charge in [0.2, 0.25) is 11.8 Å². The maximum Gasteiger partial charge on any atom is 0.307 e. The Morgan fingerprint density at radius 1 is 1.52 bits per heavy atom. The number of hydrogen-bond acceptors (Lipinski definition) is 6. The van der Waals surface area contributed by atoms with Gasteiger partial charge in [0.05, 0.1) is 26.1 Å². The van der Waals surface area contributed by atoms with E-state index >= 15 is 0 Å². The third-order valence-electron chi connectivity index (χ3n) is 4.40. The molecule has 23 heavy (non-hydrogen) atoms. The lowest BCUT2D eigenvalue weighted by molar-refractivity contribution is -0.146. The van der Waals surface area contributed by atoms with Gasteiger partial charge in [0.1, 0.15) is 11.6 Å². The molecule has 0 spiro atoms. The Bertz CT molecular complexity index is 540. The Kier molecular flexibility index (Phi) is 5.21. The van der Waals surface area contributed by atoms with Crippen LogP contribution in [0.4, 0.5) is 0 Å². The fourth-order valence-corrected chi connectivity index (χ4v) is 2.81. The summed E-state index contributed by atoms with van der Waals surface area (Å²) in [5.74, 6) is -0.922. The normalized spacial score (nSPS) is 24.0. The Balaban J connectivity index is 1.98. The van der Waals surface area contributed by atoms with Crippen LogP contribution in [0.1, 0.15) is 26.2 Å². The molecule has 1 aliphatic carbocycles. The van der Waals surface area contributed by atoms with E-state index in [1.807, 2.05) is 0 Å². The van der Waals surface area contributed by atoms with Crippen molar-refractivity contribution in [2.45, 2.75) is 37.8 Å². The highest BCUT2D eigenvalue weighted by Gasteiger charge is 2.43. The molecule has 0 aromatic rings. The van der Waals surface area contributed by atoms with E-state index in [1.165, 1.54) is 7.11 Å². The lowest BCUT2D eigenvalue weighted by Gasteiger charge is -2.34. The molecule has 0 aromatic heterocycles. The second kappa shape index (κ2) is 6.96. The average Bonchev–Trinajstić information content (AvgIpc) is 3.35. The predicted octanol–water partition coefficient (Wildman–Crippen LogP) is -0.842. The average molecular weight is 322 g/mol. The van der Waals surface area contributed by atoms with Crippen molar-refractivity contribution >= 4 is 17.8 Å². The number of hydrogen-bond donors (Lipinski definition) is 2. The highest BCUT2D eigenvalue weighted by Crippen LogP contribution is 2.39. The van der Waals surface area contributed by atoms with Crippen LogP contribution >= 0.6 is 0 Å². The monoisotopic (exact) mass is 322 g/mol. The lowest BCUT2D eigenvalue weighted by atomic mass is 9.98. The predicted molar refractivity (Wildman–Crippen MR) is 79.9 cm³/mol. The summed E-state index contributed by atoms with van der Waals surface area (Å²) in [6, 6.07) is 1.44. The molecule has 1 heterocycles. The first kappa shape index (κ1) is 17.2. The Labute approximate surface area is 135 Å². The molecule has 0 bridgehead atoms. The summed E-state index contributed by atoms with van der Waals surface area (Å²) >= 11 is 0. The summed E-state index contributed by atoms with van der Waals surface area (Å²) in [7, 11) is 1.26. The minimum atomic E-state index is -0.868. The van der Waals surface area contributed by atoms with Gasteiger partial charge in [-0.2, -0.15) is 5.26 Å². The summed E-state index contributed by atoms with van der Waals surface area (Å²) in [4.78, 5) is 37.3. The number of ether oxygens (including phenoxy) is 1. The highest BCUT2D eigenvalue weighted by molar-refractivity contribution is 5.88. The largest absolute Gasteiger partial charge is 0.469 e. The molecule has 8 nitrogen and oxygen atoms in total. The Morgan fingerprint density at radius 2 is 2.22 bits per heavy atom. The fraction of sp³-hybridized carbons (Fsp3) is 0.733. The molecule has 2 amide bonds. The number of piperazine rings is 1. The van der Waals surface area contributed by atoms with Crippen LogP contribution in [-0.4, -0.2) is 61.0 Å². The maximum absolute atomic E-state index is 12.3. The zero-order chi connectivity index (χ0) is 17.0. The summed E-state index contributed by atoms with van der Waals surface area (Å²) < 4.78 is 4.60. The standard InChI is InChI=1S/C15H22N4O4/c1-15(9-16,10-3-4-10)18-12(20)8-19-6-5-17-14(22)11(19)7-13(21)23-2/h10-11H,3-8H2,1-2H3,(H,17,22)(H,18,20). The molecule has 0 radical (unpaired) electrons. The number of rotatable bonds is 6. The van der Waals surface area contributed by atoms with Gasteiger partial charge in [-0.05, 0) is 25.7 Å². The van der Waals surface area contributed by atoms with Crippen LogP contribution in [0.25, 0.3) is 0 Å². The summed E-state index contributed by atoms with van der Waals surface area (Å²) in [6.07, 6.45) is 1.76. The van der Waals surface area contributed by atoms with E-state index in [2.05, 4.69) is 21.4 Å². The van der Waals surface area contributed by atoms with Crippen LogP contribution in [0.2, 0.25) is 0 Å². The SMILES string of the molecule is COC(=O)CC1C(=O)NCCN1CC(=O)NC(C)(C#N)C1CC1. The summed E-state index contributed by atoms with van der Waals surface area (Å²) in [5, 5.41) is 14.7. The van der Waals surface area contributed by atoms with Gasteiger partial charge in [-0.3, -0.25) is 19.3 Å². The van der Waals surface area contributed by atoms with Crippen LogP contribution in [0.5, 0.6) is 0 Å². The molecule has 2 N–H and O–H groups in total. The third-order valence-corrected chi connectivity index (χ3v) is 4.40. The van der Waals surface area contributed by atoms with Crippen molar-refractivity contribution in [2.24, 2.45) is 5.92 Å². The van der Waals surface area contributed by atoms with Gasteiger partial charge in [0.15, 0.2) is 0 Å². The number of nitriles is 1. The molecule has 2 atom stereocenters. The van der Waals surface area contributed by atoms with E-state index in [-0.39, 0.29) is 30.7 Å². The first-order chi connectivity index (χ1) is 10.9. The minimum Gasteiger partial charge on any atom is -0.469 e. The molecular formula is C15H22N4O4. The topological polar surface area (TPSA) is 112 Å². The molecule has 2 unspecified atom stereocenters. The third kappa shape index (κ3) is 4.20. The molecule has 8 heteroatoms. The van der Waals surface area contributed by atoms with Gasteiger partial charge in [-0.1, -0.05) is 0 Å². The van der Waals surface area contributed by atoms with E-state index in [9.17, 15) is 19.6 Å². The first-order valence-electron chi connectivity index (χ1n) is 7.70. The number of carbonyl (C=O) groups is 3. The molecule has 2 fully saturated rings. The van der Waals surface area contributed by atoms with Crippen LogP contribution in [0.3, 0.4) is 0 Å². The molecule has 126 valence electrons. The smallest absolute Gasteiger partial charge is 0.307 e. The van der Waals surface area contributed by atoms with E-state index in [1.54, 1.807) is 11.8 Å². The minimum absolute atomic E-state index is 0.0287. The van der Waals surface area contributed by atoms with Crippen molar-refractivity contribution in [3.05, 3.63) is 0 Å². The zero-order valence-corrected chi connectivity index (χ0v) is 13.4. The van der Waals surface area contributed by atoms with Crippen LogP contribution < -0.4 is 10.6 Å². The molecule has 2 aliphatic rings. The molecular weight excluding hydrogens is 300 g/mol. The molecule has 1 saturated carbocycles. The van der Waals surface area contributed by atoms with Gasteiger partial charge in [0, 0.05) is 13.1 Å². The van der Waals surface area contributed by atoms with Crippen molar-refractivity contribution in [3.8, 4) is 6.07 Å². The van der Waals surface area contributed by atoms with Gasteiger partial charge in [-0.15, -0.1) is 0 Å². The lowest BCUT2D eigenvalue weighted by Crippen LogP contribution is -2.59. The second-order valence-electron chi connectivity index (χ2n) is 6.19. The van der Waals surface area contributed by atoms with Crippen molar-refractivity contribution in [1.82, 2.24) is 15.5 Å². The van der Waals surface area contributed by atoms with Crippen molar-refractivity contribution < 1.29 is 19.1 Å². The number of nitrogens with one attached hydrogen (secondary N) is 2. The van der Waals surface area contributed by atoms with Crippen LogP contribution in [0, 0.1) is 17.2 Å². The van der Waals surface area contributed by atoms with E-state index < -0.39 is 17.6 Å². The maximum atomic E-state index is 12.3. The number of carbonyl (C=O) groups excluding carboxylic acids is 3. The molecule has 0 aromatic carbocycles. The van der Waals surface area contributed by atoms with E-state index in [0.29, 0.717) is 13.1 Å². The van der Waals surface area contributed by atoms with Gasteiger partial charge < -0.3 is 15.4 Å². The van der Waals surface area contributed by atoms with Crippen LogP contribution in [0.15, 0.2) is 0 Å². The molecule has 1 aliphatic heterocycles. The molecule has 2 rings (SSSR count). The summed E-state index contributed by atoms with van der Waals surface area (Å²) in [5.41, 5.74) is -0.868. The van der Waals surface area contributed by atoms with Crippen molar-refractivity contribution in [3.63, 3.8) is 0 Å². The van der Waals surface area contributed by atoms with Gasteiger partial charge >= 0.3 is 5.97 Å². The first-order valence-corrected chi connectivity index (χ1v) is 7.70. The van der Waals surface area contributed by atoms with E-state index in [0.717, 1.165) is 12.8 Å². The Hall–Kier alpha value is -2.14. The van der Waals surface area contributed by atoms with Crippen molar-refractivity contribution in [1.29, 1.82) is 5.26 Å². The summed E-state index contributed by atoms with van der Waals surface area (Å²) in [6.45, 7) is 2.58.